The van der Waals surface area contributed by atoms with Gasteiger partial charge in [0.2, 0.25) is 0 Å². The molecule has 1 aliphatic rings. The highest BCUT2D eigenvalue weighted by Crippen LogP contribution is 2.38. The molecule has 0 radical (unpaired) electrons. The summed E-state index contributed by atoms with van der Waals surface area (Å²) >= 11 is 3.39. The number of hydrogen-bond donors (Lipinski definition) is 0. The molecule has 2 rings (SSSR count). The van der Waals surface area contributed by atoms with Crippen LogP contribution in [0.15, 0.2) is 28.7 Å². The van der Waals surface area contributed by atoms with Gasteiger partial charge in [-0.05, 0) is 24.6 Å². The normalized spacial score (nSPS) is 21.4. The Kier molecular flexibility index (Phi) is 2.62. The van der Waals surface area contributed by atoms with Crippen LogP contribution in [0.3, 0.4) is 0 Å². The van der Waals surface area contributed by atoms with Crippen molar-refractivity contribution >= 4 is 15.9 Å². The first-order valence-electron chi connectivity index (χ1n) is 4.63. The van der Waals surface area contributed by atoms with Gasteiger partial charge in [-0.1, -0.05) is 28.1 Å². The van der Waals surface area contributed by atoms with Gasteiger partial charge in [-0.2, -0.15) is 0 Å². The van der Waals surface area contributed by atoms with Crippen LogP contribution in [0.1, 0.15) is 12.5 Å². The van der Waals surface area contributed by atoms with Gasteiger partial charge in [0.15, 0.2) is 0 Å². The summed E-state index contributed by atoms with van der Waals surface area (Å²) in [5.74, 6) is 0. The van der Waals surface area contributed by atoms with Gasteiger partial charge >= 0.3 is 0 Å². The summed E-state index contributed by atoms with van der Waals surface area (Å²) in [4.78, 5) is 0. The zero-order chi connectivity index (χ0) is 10.2. The first kappa shape index (κ1) is 10.1. The minimum atomic E-state index is -0.870. The second-order valence-electron chi connectivity index (χ2n) is 3.78. The van der Waals surface area contributed by atoms with Crippen LogP contribution in [0.2, 0.25) is 0 Å². The molecule has 0 spiro atoms. The van der Waals surface area contributed by atoms with Crippen LogP contribution in [-0.2, 0) is 10.2 Å². The molecule has 76 valence electrons. The molecule has 0 bridgehead atoms. The lowest BCUT2D eigenvalue weighted by atomic mass is 9.75. The number of ether oxygens (including phenoxy) is 1. The van der Waals surface area contributed by atoms with Gasteiger partial charge in [0.25, 0.3) is 0 Å². The molecule has 1 aromatic rings. The molecule has 1 aliphatic heterocycles. The molecule has 1 aromatic carbocycles. The van der Waals surface area contributed by atoms with Crippen molar-refractivity contribution in [1.29, 1.82) is 0 Å². The highest BCUT2D eigenvalue weighted by molar-refractivity contribution is 9.10. The minimum absolute atomic E-state index is 0.413. The fourth-order valence-corrected chi connectivity index (χ4v) is 2.15. The highest BCUT2D eigenvalue weighted by atomic mass is 79.9. The van der Waals surface area contributed by atoms with Crippen LogP contribution in [0.25, 0.3) is 0 Å². The predicted molar refractivity (Wildman–Crippen MR) is 57.2 cm³/mol. The van der Waals surface area contributed by atoms with Gasteiger partial charge in [-0.15, -0.1) is 0 Å². The van der Waals surface area contributed by atoms with Crippen molar-refractivity contribution in [3.05, 3.63) is 34.3 Å². The van der Waals surface area contributed by atoms with Crippen LogP contribution in [0, 0.1) is 0 Å². The monoisotopic (exact) mass is 258 g/mol. The maximum absolute atomic E-state index is 13.5. The Labute approximate surface area is 91.4 Å². The summed E-state index contributed by atoms with van der Waals surface area (Å²) in [7, 11) is 0. The Bertz CT molecular complexity index is 334. The number of halogens is 2. The maximum atomic E-state index is 13.5. The van der Waals surface area contributed by atoms with Crippen molar-refractivity contribution < 1.29 is 9.13 Å². The van der Waals surface area contributed by atoms with Crippen molar-refractivity contribution in [2.75, 3.05) is 13.2 Å². The third kappa shape index (κ3) is 1.48. The van der Waals surface area contributed by atoms with Gasteiger partial charge < -0.3 is 4.74 Å². The number of hydrogen-bond acceptors (Lipinski definition) is 1. The molecule has 14 heavy (non-hydrogen) atoms. The molecular weight excluding hydrogens is 247 g/mol. The molecule has 1 heterocycles. The lowest BCUT2D eigenvalue weighted by molar-refractivity contribution is -0.0935. The van der Waals surface area contributed by atoms with Crippen molar-refractivity contribution in [1.82, 2.24) is 0 Å². The fourth-order valence-electron chi connectivity index (χ4n) is 1.75. The van der Waals surface area contributed by atoms with Crippen molar-refractivity contribution in [2.24, 2.45) is 0 Å². The first-order valence-corrected chi connectivity index (χ1v) is 5.42. The van der Waals surface area contributed by atoms with Gasteiger partial charge in [0.05, 0.1) is 18.6 Å². The standard InChI is InChI=1S/C11H12BrFO/c1-8(13)11(6-14-7-11)9-3-2-4-10(12)5-9/h2-5,8H,6-7H2,1H3. The number of alkyl halides is 1. The predicted octanol–water partition coefficient (Wildman–Crippen LogP) is 3.08. The van der Waals surface area contributed by atoms with Crippen LogP contribution in [0.5, 0.6) is 0 Å². The molecule has 0 aliphatic carbocycles. The van der Waals surface area contributed by atoms with E-state index in [1.54, 1.807) is 6.92 Å². The molecular formula is C11H12BrFO. The van der Waals surface area contributed by atoms with Crippen molar-refractivity contribution in [3.63, 3.8) is 0 Å². The van der Waals surface area contributed by atoms with E-state index in [0.717, 1.165) is 10.0 Å². The van der Waals surface area contributed by atoms with Gasteiger partial charge in [0.1, 0.15) is 6.17 Å². The van der Waals surface area contributed by atoms with E-state index in [1.807, 2.05) is 24.3 Å². The Balaban J connectivity index is 2.37. The molecule has 0 saturated carbocycles. The minimum Gasteiger partial charge on any atom is -0.379 e. The van der Waals surface area contributed by atoms with Crippen LogP contribution >= 0.6 is 15.9 Å². The molecule has 0 amide bonds. The average Bonchev–Trinajstić information content (AvgIpc) is 2.00. The van der Waals surface area contributed by atoms with Crippen molar-refractivity contribution in [2.45, 2.75) is 18.5 Å². The summed E-state index contributed by atoms with van der Waals surface area (Å²) in [6.45, 7) is 2.58. The summed E-state index contributed by atoms with van der Waals surface area (Å²) in [6, 6.07) is 7.81. The molecule has 0 N–H and O–H groups in total. The SMILES string of the molecule is CC(F)C1(c2cccc(Br)c2)COC1. The van der Waals surface area contributed by atoms with E-state index >= 15 is 0 Å². The zero-order valence-electron chi connectivity index (χ0n) is 7.97. The van der Waals surface area contributed by atoms with Crippen LogP contribution in [0.4, 0.5) is 4.39 Å². The van der Waals surface area contributed by atoms with Crippen molar-refractivity contribution in [3.8, 4) is 0 Å². The Morgan fingerprint density at radius 1 is 1.50 bits per heavy atom. The molecule has 3 heteroatoms. The first-order chi connectivity index (χ1) is 6.65. The third-order valence-electron chi connectivity index (χ3n) is 2.88. The second-order valence-corrected chi connectivity index (χ2v) is 4.69. The lowest BCUT2D eigenvalue weighted by Gasteiger charge is -2.43. The van der Waals surface area contributed by atoms with E-state index in [0.29, 0.717) is 13.2 Å². The smallest absolute Gasteiger partial charge is 0.111 e. The van der Waals surface area contributed by atoms with E-state index in [2.05, 4.69) is 15.9 Å². The van der Waals surface area contributed by atoms with Gasteiger partial charge in [0, 0.05) is 4.47 Å². The molecule has 1 saturated heterocycles. The summed E-state index contributed by atoms with van der Waals surface area (Å²) in [6.07, 6.45) is -0.870. The largest absolute Gasteiger partial charge is 0.379 e. The molecule has 1 nitrogen and oxygen atoms in total. The van der Waals surface area contributed by atoms with E-state index in [1.165, 1.54) is 0 Å². The van der Waals surface area contributed by atoms with E-state index in [-0.39, 0.29) is 0 Å². The van der Waals surface area contributed by atoms with Crippen LogP contribution in [-0.4, -0.2) is 19.4 Å². The molecule has 1 unspecified atom stereocenters. The topological polar surface area (TPSA) is 9.23 Å². The number of rotatable bonds is 2. The Morgan fingerprint density at radius 3 is 2.64 bits per heavy atom. The zero-order valence-corrected chi connectivity index (χ0v) is 9.55. The van der Waals surface area contributed by atoms with Gasteiger partial charge in [-0.3, -0.25) is 0 Å². The molecule has 1 atom stereocenters. The highest BCUT2D eigenvalue weighted by Gasteiger charge is 2.45. The molecule has 0 aromatic heterocycles. The Hall–Kier alpha value is -0.410. The number of benzene rings is 1. The van der Waals surface area contributed by atoms with E-state index in [9.17, 15) is 4.39 Å². The average molecular weight is 259 g/mol. The fraction of sp³-hybridized carbons (Fsp3) is 0.455. The summed E-state index contributed by atoms with van der Waals surface area (Å²) in [5, 5.41) is 0. The molecule has 1 fully saturated rings. The quantitative estimate of drug-likeness (QED) is 0.793. The summed E-state index contributed by atoms with van der Waals surface area (Å²) < 4.78 is 19.7. The second kappa shape index (κ2) is 3.63. The maximum Gasteiger partial charge on any atom is 0.111 e. The third-order valence-corrected chi connectivity index (χ3v) is 3.37. The Morgan fingerprint density at radius 2 is 2.21 bits per heavy atom. The van der Waals surface area contributed by atoms with Crippen LogP contribution < -0.4 is 0 Å². The van der Waals surface area contributed by atoms with E-state index < -0.39 is 11.6 Å². The van der Waals surface area contributed by atoms with E-state index in [4.69, 9.17) is 4.74 Å². The lowest BCUT2D eigenvalue weighted by Crippen LogP contribution is -2.52. The van der Waals surface area contributed by atoms with Gasteiger partial charge in [-0.25, -0.2) is 4.39 Å². The summed E-state index contributed by atoms with van der Waals surface area (Å²) in [5.41, 5.74) is 0.608.